The molecule has 1 aliphatic carbocycles. The molecule has 0 saturated heterocycles. The highest BCUT2D eigenvalue weighted by atomic mass is 31.2. The number of aliphatic hydroxyl groups is 5. The van der Waals surface area contributed by atoms with Gasteiger partial charge in [-0.15, -0.1) is 0 Å². The van der Waals surface area contributed by atoms with Gasteiger partial charge in [-0.2, -0.15) is 0 Å². The van der Waals surface area contributed by atoms with Gasteiger partial charge in [-0.1, -0.05) is 130 Å². The number of hydrogen-bond acceptors (Lipinski definition) is 11. The fraction of sp³-hybridized carbons (Fsp3) is 0.638. The fourth-order valence-corrected chi connectivity index (χ4v) is 6.95. The van der Waals surface area contributed by atoms with Crippen LogP contribution < -0.4 is 0 Å². The highest BCUT2D eigenvalue weighted by molar-refractivity contribution is 7.47. The predicted molar refractivity (Wildman–Crippen MR) is 239 cm³/mol. The van der Waals surface area contributed by atoms with E-state index in [4.69, 9.17) is 18.5 Å². The van der Waals surface area contributed by atoms with Gasteiger partial charge in [0.1, 0.15) is 42.7 Å². The molecule has 0 aliphatic heterocycles. The van der Waals surface area contributed by atoms with E-state index in [0.717, 1.165) is 103 Å². The van der Waals surface area contributed by atoms with Crippen LogP contribution in [0.15, 0.2) is 97.2 Å². The summed E-state index contributed by atoms with van der Waals surface area (Å²) in [4.78, 5) is 23.1. The third-order valence-corrected chi connectivity index (χ3v) is 10.4. The Bertz CT molecular complexity index is 1350. The van der Waals surface area contributed by atoms with Crippen LogP contribution in [0, 0.1) is 0 Å². The molecule has 0 bridgehead atoms. The molecule has 0 radical (unpaired) electrons. The molecule has 0 spiro atoms. The summed E-state index contributed by atoms with van der Waals surface area (Å²) in [5, 5.41) is 50.1. The van der Waals surface area contributed by atoms with Crippen LogP contribution in [-0.4, -0.2) is 98.9 Å². The lowest BCUT2D eigenvalue weighted by atomic mass is 9.85. The Morgan fingerprint density at radius 2 is 0.933 bits per heavy atom. The van der Waals surface area contributed by atoms with E-state index in [1.165, 1.54) is 0 Å². The Hall–Kier alpha value is -2.74. The summed E-state index contributed by atoms with van der Waals surface area (Å²) in [7, 11) is -5.04. The Morgan fingerprint density at radius 3 is 1.40 bits per heavy atom. The van der Waals surface area contributed by atoms with E-state index < -0.39 is 63.1 Å². The molecule has 0 aromatic rings. The van der Waals surface area contributed by atoms with Crippen LogP contribution in [0.4, 0.5) is 0 Å². The molecule has 0 amide bonds. The second-order valence-corrected chi connectivity index (χ2v) is 16.2. The Morgan fingerprint density at radius 1 is 0.533 bits per heavy atom. The predicted octanol–water partition coefficient (Wildman–Crippen LogP) is 8.75. The number of phosphoric ester groups is 1. The second-order valence-electron chi connectivity index (χ2n) is 14.8. The molecule has 0 heterocycles. The van der Waals surface area contributed by atoms with Crippen molar-refractivity contribution in [3.63, 3.8) is 0 Å². The van der Waals surface area contributed by atoms with Crippen molar-refractivity contribution in [2.75, 3.05) is 19.8 Å². The van der Waals surface area contributed by atoms with Crippen molar-refractivity contribution in [3.05, 3.63) is 97.2 Å². The van der Waals surface area contributed by atoms with Crippen molar-refractivity contribution >= 4 is 13.8 Å². The fourth-order valence-electron chi connectivity index (χ4n) is 5.98. The van der Waals surface area contributed by atoms with E-state index in [9.17, 15) is 39.8 Å². The molecule has 6 N–H and O–H groups in total. The molecule has 6 unspecified atom stereocenters. The molecular weight excluding hydrogens is 787 g/mol. The zero-order valence-electron chi connectivity index (χ0n) is 36.2. The third-order valence-electron chi connectivity index (χ3n) is 9.45. The number of rotatable bonds is 35. The minimum absolute atomic E-state index is 0.113. The average molecular weight is 865 g/mol. The lowest BCUT2D eigenvalue weighted by molar-refractivity contribution is -0.220. The van der Waals surface area contributed by atoms with Crippen LogP contribution in [0.5, 0.6) is 0 Å². The maximum Gasteiger partial charge on any atom is 0.472 e. The van der Waals surface area contributed by atoms with E-state index in [1.807, 2.05) is 0 Å². The minimum Gasteiger partial charge on any atom is -0.457 e. The number of esters is 1. The highest BCUT2D eigenvalue weighted by Gasteiger charge is 2.51. The normalized spacial score (nSPS) is 23.3. The van der Waals surface area contributed by atoms with Gasteiger partial charge in [-0.3, -0.25) is 13.8 Å². The smallest absolute Gasteiger partial charge is 0.457 e. The van der Waals surface area contributed by atoms with Crippen molar-refractivity contribution < 1.29 is 58.3 Å². The first-order chi connectivity index (χ1) is 29.0. The van der Waals surface area contributed by atoms with Gasteiger partial charge in [0, 0.05) is 13.0 Å². The SMILES string of the molecule is CC/C=C\C/C=C\C/C=C\C/C=C\C/C=C\CCCCCCOCC(COP(=O)(O)OC1C(O)C(O)C(O)C(O)C1O)OC(=O)CCCCC/C=C\C/C=C\C/C=C\CC. The van der Waals surface area contributed by atoms with Crippen LogP contribution in [0.3, 0.4) is 0 Å². The van der Waals surface area contributed by atoms with E-state index in [1.54, 1.807) is 0 Å². The third kappa shape index (κ3) is 28.7. The number of phosphoric acid groups is 1. The van der Waals surface area contributed by atoms with E-state index >= 15 is 0 Å². The first kappa shape index (κ1) is 55.3. The average Bonchev–Trinajstić information content (AvgIpc) is 3.23. The van der Waals surface area contributed by atoms with Gasteiger partial charge in [-0.25, -0.2) is 4.57 Å². The molecule has 6 atom stereocenters. The molecule has 1 fully saturated rings. The topological polar surface area (TPSA) is 192 Å². The number of allylic oxidation sites excluding steroid dienone is 16. The van der Waals surface area contributed by atoms with Crippen molar-refractivity contribution in [3.8, 4) is 0 Å². The largest absolute Gasteiger partial charge is 0.472 e. The Kier molecular flexibility index (Phi) is 34.0. The zero-order chi connectivity index (χ0) is 44.1. The molecular formula is C47H77O12P. The van der Waals surface area contributed by atoms with E-state index in [-0.39, 0.29) is 13.0 Å². The molecule has 60 heavy (non-hydrogen) atoms. The van der Waals surface area contributed by atoms with Crippen LogP contribution in [0.25, 0.3) is 0 Å². The van der Waals surface area contributed by atoms with Gasteiger partial charge in [0.05, 0.1) is 13.2 Å². The summed E-state index contributed by atoms with van der Waals surface area (Å²) >= 11 is 0. The van der Waals surface area contributed by atoms with E-state index in [0.29, 0.717) is 13.0 Å². The van der Waals surface area contributed by atoms with Gasteiger partial charge in [-0.05, 0) is 89.9 Å². The van der Waals surface area contributed by atoms with Crippen LogP contribution in [0.1, 0.15) is 129 Å². The number of aliphatic hydroxyl groups excluding tert-OH is 5. The molecule has 13 heteroatoms. The molecule has 0 aromatic heterocycles. The minimum atomic E-state index is -5.04. The number of unbranched alkanes of at least 4 members (excludes halogenated alkanes) is 7. The van der Waals surface area contributed by atoms with Crippen molar-refractivity contribution in [1.29, 1.82) is 0 Å². The summed E-state index contributed by atoms with van der Waals surface area (Å²) in [5.74, 6) is -0.521. The molecule has 1 aliphatic rings. The summed E-state index contributed by atoms with van der Waals surface area (Å²) in [6, 6.07) is 0. The summed E-state index contributed by atoms with van der Waals surface area (Å²) in [6.07, 6.45) is 37.7. The lowest BCUT2D eigenvalue weighted by Gasteiger charge is -2.41. The monoisotopic (exact) mass is 865 g/mol. The first-order valence-electron chi connectivity index (χ1n) is 22.1. The van der Waals surface area contributed by atoms with Gasteiger partial charge >= 0.3 is 13.8 Å². The second kappa shape index (κ2) is 36.9. The standard InChI is InChI=1S/C47H77O12P/c1-3-5-7-9-11-13-15-17-18-19-20-21-22-23-25-27-29-31-33-35-37-56-38-40(39-57-60(54,55)59-47-45(52)43(50)42(49)44(51)46(47)53)58-41(48)36-34-32-30-28-26-24-16-14-12-10-8-6-4-2/h5-8,11-14,17-18,20-21,23-26,40,42-47,49-53H,3-4,9-10,15-16,19,22,27-39H2,1-2H3,(H,54,55)/b7-5-,8-6-,13-11-,14-12-,18-17-,21-20-,25-23-,26-24-. The van der Waals surface area contributed by atoms with Gasteiger partial charge in [0.2, 0.25) is 0 Å². The lowest BCUT2D eigenvalue weighted by Crippen LogP contribution is -2.64. The Balaban J connectivity index is 2.45. The number of carbonyl (C=O) groups is 1. The van der Waals surface area contributed by atoms with Gasteiger partial charge in [0.15, 0.2) is 0 Å². The highest BCUT2D eigenvalue weighted by Crippen LogP contribution is 2.47. The van der Waals surface area contributed by atoms with Crippen LogP contribution in [0.2, 0.25) is 0 Å². The van der Waals surface area contributed by atoms with Gasteiger partial charge in [0.25, 0.3) is 0 Å². The van der Waals surface area contributed by atoms with Crippen molar-refractivity contribution in [1.82, 2.24) is 0 Å². The Labute approximate surface area is 360 Å². The van der Waals surface area contributed by atoms with Crippen molar-refractivity contribution in [2.24, 2.45) is 0 Å². The quantitative estimate of drug-likeness (QED) is 0.0154. The number of ether oxygens (including phenoxy) is 2. The van der Waals surface area contributed by atoms with E-state index in [2.05, 4.69) is 111 Å². The molecule has 0 aromatic carbocycles. The summed E-state index contributed by atoms with van der Waals surface area (Å²) in [6.45, 7) is 3.90. The summed E-state index contributed by atoms with van der Waals surface area (Å²) in [5.41, 5.74) is 0. The molecule has 1 rings (SSSR count). The summed E-state index contributed by atoms with van der Waals surface area (Å²) < 4.78 is 34.1. The van der Waals surface area contributed by atoms with Crippen LogP contribution in [-0.2, 0) is 27.9 Å². The zero-order valence-corrected chi connectivity index (χ0v) is 37.1. The first-order valence-corrected chi connectivity index (χ1v) is 23.6. The number of carbonyl (C=O) groups excluding carboxylic acids is 1. The maximum atomic E-state index is 12.8. The molecule has 342 valence electrons. The van der Waals surface area contributed by atoms with Gasteiger partial charge < -0.3 is 39.9 Å². The van der Waals surface area contributed by atoms with Crippen molar-refractivity contribution in [2.45, 2.75) is 172 Å². The van der Waals surface area contributed by atoms with Crippen LogP contribution >= 0.6 is 7.82 Å². The number of hydrogen-bond donors (Lipinski definition) is 6. The maximum absolute atomic E-state index is 12.8. The molecule has 1 saturated carbocycles. The molecule has 12 nitrogen and oxygen atoms in total.